The van der Waals surface area contributed by atoms with Crippen molar-refractivity contribution in [3.05, 3.63) is 29.3 Å². The van der Waals surface area contributed by atoms with Crippen LogP contribution in [0.5, 0.6) is 0 Å². The summed E-state index contributed by atoms with van der Waals surface area (Å²) in [4.78, 5) is 26.4. The van der Waals surface area contributed by atoms with Crippen LogP contribution >= 0.6 is 0 Å². The Balaban J connectivity index is 1.45. The Morgan fingerprint density at radius 2 is 1.87 bits per heavy atom. The summed E-state index contributed by atoms with van der Waals surface area (Å²) in [6, 6.07) is 5.40. The maximum Gasteiger partial charge on any atom is 0.243 e. The second-order valence-electron chi connectivity index (χ2n) is 8.09. The quantitative estimate of drug-likeness (QED) is 0.688. The molecule has 2 amide bonds. The van der Waals surface area contributed by atoms with Crippen LogP contribution in [0.15, 0.2) is 23.1 Å². The van der Waals surface area contributed by atoms with E-state index < -0.39 is 10.0 Å². The number of carbonyl (C=O) groups is 2. The third-order valence-electron chi connectivity index (χ3n) is 5.73. The number of carbonyl (C=O) groups excluding carboxylic acids is 2. The van der Waals surface area contributed by atoms with E-state index in [4.69, 9.17) is 4.74 Å². The molecule has 0 aliphatic carbocycles. The summed E-state index contributed by atoms with van der Waals surface area (Å²) in [6.07, 6.45) is 1.23. The molecule has 1 aromatic rings. The van der Waals surface area contributed by atoms with Crippen LogP contribution in [0.1, 0.15) is 30.4 Å². The summed E-state index contributed by atoms with van der Waals surface area (Å²) in [5, 5.41) is 2.86. The third-order valence-corrected chi connectivity index (χ3v) is 7.77. The van der Waals surface area contributed by atoms with Crippen molar-refractivity contribution in [2.24, 2.45) is 5.92 Å². The fraction of sp³-hybridized carbons (Fsp3) is 0.619. The molecule has 2 saturated heterocycles. The van der Waals surface area contributed by atoms with Crippen LogP contribution < -0.4 is 5.32 Å². The molecule has 166 valence electrons. The van der Waals surface area contributed by atoms with E-state index in [1.807, 2.05) is 19.1 Å². The van der Waals surface area contributed by atoms with Gasteiger partial charge in [0.25, 0.3) is 0 Å². The number of amides is 2. The predicted molar refractivity (Wildman–Crippen MR) is 112 cm³/mol. The molecule has 1 unspecified atom stereocenters. The Morgan fingerprint density at radius 3 is 2.53 bits per heavy atom. The normalized spacial score (nSPS) is 20.3. The van der Waals surface area contributed by atoms with Gasteiger partial charge in [-0.2, -0.15) is 4.31 Å². The highest BCUT2D eigenvalue weighted by atomic mass is 32.2. The third kappa shape index (κ3) is 5.59. The van der Waals surface area contributed by atoms with Gasteiger partial charge >= 0.3 is 0 Å². The van der Waals surface area contributed by atoms with Crippen molar-refractivity contribution >= 4 is 21.8 Å². The fourth-order valence-electron chi connectivity index (χ4n) is 3.77. The minimum Gasteiger partial charge on any atom is -0.381 e. The highest BCUT2D eigenvalue weighted by molar-refractivity contribution is 7.89. The Labute approximate surface area is 178 Å². The van der Waals surface area contributed by atoms with Crippen molar-refractivity contribution in [1.82, 2.24) is 14.5 Å². The Kier molecular flexibility index (Phi) is 7.49. The highest BCUT2D eigenvalue weighted by Crippen LogP contribution is 2.22. The molecular weight excluding hydrogens is 406 g/mol. The monoisotopic (exact) mass is 437 g/mol. The van der Waals surface area contributed by atoms with Crippen LogP contribution in [0.2, 0.25) is 0 Å². The zero-order valence-corrected chi connectivity index (χ0v) is 18.5. The smallest absolute Gasteiger partial charge is 0.243 e. The molecular formula is C21H31N3O5S. The molecule has 9 heteroatoms. The molecule has 1 aromatic carbocycles. The van der Waals surface area contributed by atoms with Gasteiger partial charge in [0.15, 0.2) is 0 Å². The average Bonchev–Trinajstić information content (AvgIpc) is 3.26. The molecule has 2 heterocycles. The van der Waals surface area contributed by atoms with Crippen LogP contribution in [0, 0.1) is 19.8 Å². The lowest BCUT2D eigenvalue weighted by molar-refractivity contribution is -0.134. The second-order valence-corrected chi connectivity index (χ2v) is 9.99. The van der Waals surface area contributed by atoms with Gasteiger partial charge in [0, 0.05) is 58.1 Å². The van der Waals surface area contributed by atoms with Gasteiger partial charge in [-0.05, 0) is 37.5 Å². The summed E-state index contributed by atoms with van der Waals surface area (Å²) in [6.45, 7) is 6.85. The van der Waals surface area contributed by atoms with Crippen molar-refractivity contribution in [1.29, 1.82) is 0 Å². The molecule has 2 aliphatic heterocycles. The Morgan fingerprint density at radius 1 is 1.13 bits per heavy atom. The van der Waals surface area contributed by atoms with Gasteiger partial charge in [0.2, 0.25) is 21.8 Å². The molecule has 2 fully saturated rings. The number of piperazine rings is 1. The number of benzene rings is 1. The lowest BCUT2D eigenvalue weighted by atomic mass is 10.1. The lowest BCUT2D eigenvalue weighted by Crippen LogP contribution is -2.50. The molecule has 0 saturated carbocycles. The SMILES string of the molecule is Cc1ccc(C)c(S(=O)(=O)N2CCN(C(=O)CCC(=O)NCC3CCOC3)CC2)c1. The molecule has 30 heavy (non-hydrogen) atoms. The first-order valence-corrected chi connectivity index (χ1v) is 11.9. The average molecular weight is 438 g/mol. The van der Waals surface area contributed by atoms with Gasteiger partial charge in [-0.15, -0.1) is 0 Å². The van der Waals surface area contributed by atoms with E-state index in [1.54, 1.807) is 17.9 Å². The fourth-order valence-corrected chi connectivity index (χ4v) is 5.50. The van der Waals surface area contributed by atoms with E-state index in [9.17, 15) is 18.0 Å². The van der Waals surface area contributed by atoms with E-state index in [-0.39, 0.29) is 37.7 Å². The number of nitrogens with one attached hydrogen (secondary N) is 1. The van der Waals surface area contributed by atoms with Crippen LogP contribution in [0.4, 0.5) is 0 Å². The zero-order valence-electron chi connectivity index (χ0n) is 17.7. The summed E-state index contributed by atoms with van der Waals surface area (Å²) >= 11 is 0. The number of sulfonamides is 1. The number of hydrogen-bond donors (Lipinski definition) is 1. The van der Waals surface area contributed by atoms with Crippen molar-refractivity contribution < 1.29 is 22.7 Å². The van der Waals surface area contributed by atoms with Gasteiger partial charge in [-0.3, -0.25) is 9.59 Å². The first kappa shape index (κ1) is 22.7. The zero-order chi connectivity index (χ0) is 21.7. The van der Waals surface area contributed by atoms with E-state index >= 15 is 0 Å². The van der Waals surface area contributed by atoms with Crippen molar-refractivity contribution in [2.45, 2.75) is 38.0 Å². The first-order valence-electron chi connectivity index (χ1n) is 10.5. The minimum atomic E-state index is -3.58. The molecule has 2 aliphatic rings. The van der Waals surface area contributed by atoms with Crippen molar-refractivity contribution in [3.8, 4) is 0 Å². The molecule has 0 aromatic heterocycles. The summed E-state index contributed by atoms with van der Waals surface area (Å²) in [5.41, 5.74) is 1.61. The number of nitrogens with zero attached hydrogens (tertiary/aromatic N) is 2. The van der Waals surface area contributed by atoms with E-state index in [1.165, 1.54) is 4.31 Å². The van der Waals surface area contributed by atoms with Gasteiger partial charge < -0.3 is 15.0 Å². The highest BCUT2D eigenvalue weighted by Gasteiger charge is 2.31. The predicted octanol–water partition coefficient (Wildman–Crippen LogP) is 1.07. The van der Waals surface area contributed by atoms with Gasteiger partial charge in [0.05, 0.1) is 11.5 Å². The maximum atomic E-state index is 13.0. The van der Waals surface area contributed by atoms with Gasteiger partial charge in [-0.25, -0.2) is 8.42 Å². The number of rotatable bonds is 7. The van der Waals surface area contributed by atoms with Gasteiger partial charge in [0.1, 0.15) is 0 Å². The van der Waals surface area contributed by atoms with Crippen molar-refractivity contribution in [3.63, 3.8) is 0 Å². The molecule has 0 radical (unpaired) electrons. The van der Waals surface area contributed by atoms with Crippen molar-refractivity contribution in [2.75, 3.05) is 45.9 Å². The number of aryl methyl sites for hydroxylation is 2. The molecule has 1 N–H and O–H groups in total. The lowest BCUT2D eigenvalue weighted by Gasteiger charge is -2.34. The van der Waals surface area contributed by atoms with E-state index in [0.717, 1.165) is 18.6 Å². The van der Waals surface area contributed by atoms with Crippen LogP contribution in [0.3, 0.4) is 0 Å². The van der Waals surface area contributed by atoms with Gasteiger partial charge in [-0.1, -0.05) is 12.1 Å². The summed E-state index contributed by atoms with van der Waals surface area (Å²) in [7, 11) is -3.58. The molecule has 1 atom stereocenters. The van der Waals surface area contributed by atoms with E-state index in [2.05, 4.69) is 5.32 Å². The molecule has 0 spiro atoms. The van der Waals surface area contributed by atoms with Crippen LogP contribution in [-0.4, -0.2) is 75.4 Å². The molecule has 0 bridgehead atoms. The van der Waals surface area contributed by atoms with Crippen LogP contribution in [-0.2, 0) is 24.3 Å². The first-order chi connectivity index (χ1) is 14.3. The Hall–Kier alpha value is -1.97. The Bertz CT molecular complexity index is 873. The molecule has 3 rings (SSSR count). The topological polar surface area (TPSA) is 96.0 Å². The standard InChI is InChI=1S/C21H31N3O5S/c1-16-3-4-17(2)19(13-16)30(27,28)24-10-8-23(9-11-24)21(26)6-5-20(25)22-14-18-7-12-29-15-18/h3-4,13,18H,5-12,14-15H2,1-2H3,(H,22,25). The number of hydrogen-bond acceptors (Lipinski definition) is 5. The molecule has 8 nitrogen and oxygen atoms in total. The second kappa shape index (κ2) is 9.89. The number of ether oxygens (including phenoxy) is 1. The van der Waals surface area contributed by atoms with E-state index in [0.29, 0.717) is 42.6 Å². The van der Waals surface area contributed by atoms with Crippen LogP contribution in [0.25, 0.3) is 0 Å². The minimum absolute atomic E-state index is 0.113. The summed E-state index contributed by atoms with van der Waals surface area (Å²) < 4.78 is 32.7. The largest absolute Gasteiger partial charge is 0.381 e. The maximum absolute atomic E-state index is 13.0. The summed E-state index contributed by atoms with van der Waals surface area (Å²) in [5.74, 6) is 0.112.